The SMILES string of the molecule is CC(C)(C)c1ccccc1P(=CC(=O)O)(c1ccccc1)c1ccccc1. The van der Waals surface area contributed by atoms with E-state index < -0.39 is 12.9 Å². The Balaban J connectivity index is 2.53. The number of carbonyl (C=O) groups is 1. The summed E-state index contributed by atoms with van der Waals surface area (Å²) in [5.74, 6) is 0.655. The molecule has 0 spiro atoms. The van der Waals surface area contributed by atoms with Crippen molar-refractivity contribution in [2.24, 2.45) is 0 Å². The largest absolute Gasteiger partial charge is 0.478 e. The maximum absolute atomic E-state index is 12.1. The first-order valence-corrected chi connectivity index (χ1v) is 10.9. The molecular formula is C24H25O2P. The van der Waals surface area contributed by atoms with Crippen molar-refractivity contribution in [2.45, 2.75) is 26.2 Å². The van der Waals surface area contributed by atoms with Crippen molar-refractivity contribution >= 4 is 34.6 Å². The molecule has 3 rings (SSSR count). The van der Waals surface area contributed by atoms with Crippen LogP contribution in [0.2, 0.25) is 0 Å². The summed E-state index contributed by atoms with van der Waals surface area (Å²) in [6.07, 6.45) is 0. The fraction of sp³-hybridized carbons (Fsp3) is 0.167. The molecule has 2 nitrogen and oxygen atoms in total. The Bertz CT molecular complexity index is 940. The smallest absolute Gasteiger partial charge is 0.329 e. The van der Waals surface area contributed by atoms with Crippen LogP contribution in [0.5, 0.6) is 0 Å². The van der Waals surface area contributed by atoms with Gasteiger partial charge in [-0.2, -0.15) is 0 Å². The molecule has 0 radical (unpaired) electrons. The lowest BCUT2D eigenvalue weighted by Gasteiger charge is -2.33. The van der Waals surface area contributed by atoms with Crippen LogP contribution in [0, 0.1) is 0 Å². The van der Waals surface area contributed by atoms with Crippen LogP contribution >= 0.6 is 6.89 Å². The van der Waals surface area contributed by atoms with Gasteiger partial charge in [0.2, 0.25) is 0 Å². The molecule has 3 aromatic rings. The summed E-state index contributed by atoms with van der Waals surface area (Å²) in [6, 6.07) is 28.4. The van der Waals surface area contributed by atoms with Gasteiger partial charge in [0, 0.05) is 5.80 Å². The van der Waals surface area contributed by atoms with Crippen molar-refractivity contribution in [2.75, 3.05) is 0 Å². The molecule has 0 aromatic heterocycles. The summed E-state index contributed by atoms with van der Waals surface area (Å²) in [5.41, 5.74) is 1.08. The van der Waals surface area contributed by atoms with Crippen LogP contribution in [0.25, 0.3) is 0 Å². The first-order chi connectivity index (χ1) is 12.9. The van der Waals surface area contributed by atoms with Gasteiger partial charge in [-0.25, -0.2) is 4.79 Å². The van der Waals surface area contributed by atoms with Crippen molar-refractivity contribution < 1.29 is 9.90 Å². The predicted molar refractivity (Wildman–Crippen MR) is 118 cm³/mol. The predicted octanol–water partition coefficient (Wildman–Crippen LogP) is 4.16. The molecule has 0 bridgehead atoms. The highest BCUT2D eigenvalue weighted by Crippen LogP contribution is 2.46. The van der Waals surface area contributed by atoms with Crippen molar-refractivity contribution in [3.05, 3.63) is 90.5 Å². The average molecular weight is 376 g/mol. The minimum atomic E-state index is -2.47. The lowest BCUT2D eigenvalue weighted by atomic mass is 9.87. The number of hydrogen-bond acceptors (Lipinski definition) is 1. The Morgan fingerprint density at radius 3 is 1.67 bits per heavy atom. The summed E-state index contributed by atoms with van der Waals surface area (Å²) in [5, 5.41) is 13.1. The van der Waals surface area contributed by atoms with Crippen molar-refractivity contribution in [3.63, 3.8) is 0 Å². The van der Waals surface area contributed by atoms with E-state index in [0.29, 0.717) is 0 Å². The highest BCUT2D eigenvalue weighted by molar-refractivity contribution is 7.95. The van der Waals surface area contributed by atoms with E-state index in [1.165, 1.54) is 5.56 Å². The third-order valence-electron chi connectivity index (χ3n) is 4.72. The lowest BCUT2D eigenvalue weighted by molar-refractivity contribution is -0.128. The average Bonchev–Trinajstić information content (AvgIpc) is 2.67. The second kappa shape index (κ2) is 7.58. The fourth-order valence-electron chi connectivity index (χ4n) is 3.55. The Hall–Kier alpha value is -2.57. The minimum absolute atomic E-state index is 0.0995. The first kappa shape index (κ1) is 19.2. The first-order valence-electron chi connectivity index (χ1n) is 9.04. The zero-order chi connectivity index (χ0) is 19.5. The Kier molecular flexibility index (Phi) is 5.39. The monoisotopic (exact) mass is 376 g/mol. The molecule has 3 aromatic carbocycles. The van der Waals surface area contributed by atoms with Gasteiger partial charge in [-0.3, -0.25) is 0 Å². The summed E-state index contributed by atoms with van der Waals surface area (Å²) in [6.45, 7) is 4.07. The van der Waals surface area contributed by atoms with Crippen LogP contribution in [0.4, 0.5) is 0 Å². The second-order valence-electron chi connectivity index (χ2n) is 7.63. The van der Waals surface area contributed by atoms with Gasteiger partial charge in [-0.05, 0) is 33.8 Å². The molecule has 138 valence electrons. The van der Waals surface area contributed by atoms with Gasteiger partial charge in [-0.15, -0.1) is 0 Å². The number of rotatable bonds is 4. The number of aliphatic carboxylic acids is 1. The van der Waals surface area contributed by atoms with Crippen LogP contribution in [-0.2, 0) is 10.2 Å². The van der Waals surface area contributed by atoms with Crippen molar-refractivity contribution in [1.82, 2.24) is 0 Å². The quantitative estimate of drug-likeness (QED) is 0.694. The Morgan fingerprint density at radius 1 is 0.778 bits per heavy atom. The number of hydrogen-bond donors (Lipinski definition) is 1. The highest BCUT2D eigenvalue weighted by atomic mass is 31.2. The van der Waals surface area contributed by atoms with Gasteiger partial charge in [0.25, 0.3) is 0 Å². The molecule has 0 aliphatic carbocycles. The molecule has 0 aliphatic heterocycles. The van der Waals surface area contributed by atoms with Gasteiger partial charge in [0.15, 0.2) is 0 Å². The van der Waals surface area contributed by atoms with Crippen LogP contribution in [-0.4, -0.2) is 16.9 Å². The van der Waals surface area contributed by atoms with Crippen LogP contribution < -0.4 is 15.9 Å². The lowest BCUT2D eigenvalue weighted by Crippen LogP contribution is -2.33. The second-order valence-corrected chi connectivity index (χ2v) is 10.8. The Morgan fingerprint density at radius 2 is 1.22 bits per heavy atom. The van der Waals surface area contributed by atoms with Gasteiger partial charge in [0.05, 0.1) is 0 Å². The van der Waals surface area contributed by atoms with Crippen LogP contribution in [0.3, 0.4) is 0 Å². The molecule has 27 heavy (non-hydrogen) atoms. The maximum Gasteiger partial charge on any atom is 0.329 e. The topological polar surface area (TPSA) is 37.3 Å². The molecule has 0 heterocycles. The summed E-state index contributed by atoms with van der Waals surface area (Å²) >= 11 is 0. The van der Waals surface area contributed by atoms with Gasteiger partial charge >= 0.3 is 5.97 Å². The van der Waals surface area contributed by atoms with E-state index in [9.17, 15) is 9.90 Å². The van der Waals surface area contributed by atoms with Gasteiger partial charge < -0.3 is 5.11 Å². The minimum Gasteiger partial charge on any atom is -0.478 e. The molecule has 0 unspecified atom stereocenters. The van der Waals surface area contributed by atoms with E-state index in [2.05, 4.69) is 57.2 Å². The van der Waals surface area contributed by atoms with Gasteiger partial charge in [0.1, 0.15) is 0 Å². The summed E-state index contributed by atoms with van der Waals surface area (Å²) < 4.78 is 0. The van der Waals surface area contributed by atoms with Crippen molar-refractivity contribution in [1.29, 1.82) is 0 Å². The number of benzene rings is 3. The van der Waals surface area contributed by atoms with Crippen LogP contribution in [0.1, 0.15) is 26.3 Å². The summed E-state index contributed by atoms with van der Waals surface area (Å²) in [7, 11) is 0. The molecular weight excluding hydrogens is 351 g/mol. The standard InChI is InChI=1S/C24H25O2P/c1-24(2,3)21-16-10-11-17-22(21)27(18-23(25)26,19-12-6-4-7-13-19)20-14-8-5-9-15-20/h4-18H,1-3H3,(H,25,26). The molecule has 0 fully saturated rings. The van der Waals surface area contributed by atoms with E-state index in [-0.39, 0.29) is 5.41 Å². The molecule has 1 N–H and O–H groups in total. The summed E-state index contributed by atoms with van der Waals surface area (Å²) in [4.78, 5) is 12.1. The molecule has 0 saturated heterocycles. The Labute approximate surface area is 161 Å². The van der Waals surface area contributed by atoms with E-state index in [1.807, 2.05) is 48.5 Å². The maximum atomic E-state index is 12.1. The van der Waals surface area contributed by atoms with Crippen LogP contribution in [0.15, 0.2) is 84.9 Å². The highest BCUT2D eigenvalue weighted by Gasteiger charge is 2.31. The van der Waals surface area contributed by atoms with Gasteiger partial charge in [-0.1, -0.05) is 106 Å². The van der Waals surface area contributed by atoms with E-state index in [4.69, 9.17) is 0 Å². The molecule has 0 atom stereocenters. The molecule has 0 saturated carbocycles. The third kappa shape index (κ3) is 3.77. The molecule has 0 amide bonds. The normalized spacial score (nSPS) is 11.8. The number of carboxylic acid groups (broad SMARTS) is 1. The zero-order valence-corrected chi connectivity index (χ0v) is 16.9. The molecule has 3 heteroatoms. The van der Waals surface area contributed by atoms with E-state index >= 15 is 0 Å². The third-order valence-corrected chi connectivity index (χ3v) is 8.71. The zero-order valence-electron chi connectivity index (χ0n) is 16.0. The van der Waals surface area contributed by atoms with Crippen molar-refractivity contribution in [3.8, 4) is 0 Å². The number of carboxylic acids is 1. The van der Waals surface area contributed by atoms with E-state index in [0.717, 1.165) is 15.9 Å². The molecule has 0 aliphatic rings. The van der Waals surface area contributed by atoms with E-state index in [1.54, 1.807) is 5.80 Å². The fourth-order valence-corrected chi connectivity index (χ4v) is 7.57.